The van der Waals surface area contributed by atoms with Gasteiger partial charge in [0.15, 0.2) is 0 Å². The van der Waals surface area contributed by atoms with Crippen LogP contribution in [0.4, 0.5) is 0 Å². The van der Waals surface area contributed by atoms with E-state index in [4.69, 9.17) is 5.11 Å². The predicted molar refractivity (Wildman–Crippen MR) is 25.0 cm³/mol. The van der Waals surface area contributed by atoms with Crippen LogP contribution in [0.3, 0.4) is 0 Å². The molecule has 0 aromatic carbocycles. The van der Waals surface area contributed by atoms with Crippen molar-refractivity contribution in [1.29, 1.82) is 0 Å². The first-order chi connectivity index (χ1) is 2.81. The summed E-state index contributed by atoms with van der Waals surface area (Å²) in [6.07, 6.45) is 0. The lowest BCUT2D eigenvalue weighted by Gasteiger charge is -2.01. The van der Waals surface area contributed by atoms with Gasteiger partial charge in [-0.25, -0.2) is 0 Å². The van der Waals surface area contributed by atoms with Gasteiger partial charge in [0.1, 0.15) is 0 Å². The van der Waals surface area contributed by atoms with Crippen LogP contribution in [-0.4, -0.2) is 17.8 Å². The number of hydrogen-bond donors (Lipinski definition) is 2. The Morgan fingerprint density at radius 3 is 2.50 bits per heavy atom. The molecule has 0 aliphatic heterocycles. The second-order valence-electron chi connectivity index (χ2n) is 1.29. The highest BCUT2D eigenvalue weighted by Gasteiger charge is 1.88. The SMILES string of the molecule is [CH2]NC(C)CO. The zero-order chi connectivity index (χ0) is 4.99. The third-order valence-electron chi connectivity index (χ3n) is 0.622. The molecule has 2 nitrogen and oxygen atoms in total. The van der Waals surface area contributed by atoms with E-state index in [1.807, 2.05) is 6.92 Å². The van der Waals surface area contributed by atoms with Crippen molar-refractivity contribution >= 4 is 0 Å². The van der Waals surface area contributed by atoms with Crippen molar-refractivity contribution in [2.45, 2.75) is 13.0 Å². The van der Waals surface area contributed by atoms with Crippen LogP contribution in [0.25, 0.3) is 0 Å². The standard InChI is InChI=1S/C4H10NO/c1-4(3-6)5-2/h4-6H,2-3H2,1H3. The van der Waals surface area contributed by atoms with E-state index in [1.165, 1.54) is 0 Å². The summed E-state index contributed by atoms with van der Waals surface area (Å²) >= 11 is 0. The fraction of sp³-hybridized carbons (Fsp3) is 0.750. The third-order valence-corrected chi connectivity index (χ3v) is 0.622. The van der Waals surface area contributed by atoms with E-state index in [0.29, 0.717) is 0 Å². The molecular formula is C4H10NO. The Labute approximate surface area is 38.2 Å². The quantitative estimate of drug-likeness (QED) is 0.488. The molecule has 0 aliphatic carbocycles. The molecule has 0 amide bonds. The Hall–Kier alpha value is -0.0800. The summed E-state index contributed by atoms with van der Waals surface area (Å²) in [5.41, 5.74) is 0. The van der Waals surface area contributed by atoms with Crippen LogP contribution in [0.1, 0.15) is 6.92 Å². The van der Waals surface area contributed by atoms with Crippen molar-refractivity contribution in [1.82, 2.24) is 5.32 Å². The molecule has 1 radical (unpaired) electrons. The Bertz CT molecular complexity index is 26.7. The minimum absolute atomic E-state index is 0.130. The molecule has 0 fully saturated rings. The van der Waals surface area contributed by atoms with Gasteiger partial charge in [0.2, 0.25) is 0 Å². The second-order valence-corrected chi connectivity index (χ2v) is 1.29. The van der Waals surface area contributed by atoms with Gasteiger partial charge in [0.25, 0.3) is 0 Å². The monoisotopic (exact) mass is 88.1 g/mol. The van der Waals surface area contributed by atoms with Crippen molar-refractivity contribution < 1.29 is 5.11 Å². The van der Waals surface area contributed by atoms with E-state index in [1.54, 1.807) is 0 Å². The molecule has 1 atom stereocenters. The van der Waals surface area contributed by atoms with Crippen molar-refractivity contribution in [3.63, 3.8) is 0 Å². The molecule has 0 heterocycles. The third kappa shape index (κ3) is 2.18. The molecule has 0 saturated carbocycles. The van der Waals surface area contributed by atoms with Gasteiger partial charge >= 0.3 is 0 Å². The minimum atomic E-state index is 0.130. The molecule has 1 unspecified atom stereocenters. The first kappa shape index (κ1) is 5.92. The van der Waals surface area contributed by atoms with Crippen LogP contribution in [0, 0.1) is 7.05 Å². The van der Waals surface area contributed by atoms with E-state index in [-0.39, 0.29) is 12.6 Å². The summed E-state index contributed by atoms with van der Waals surface area (Å²) < 4.78 is 0. The van der Waals surface area contributed by atoms with Gasteiger partial charge in [-0.3, -0.25) is 0 Å². The molecule has 0 rings (SSSR count). The van der Waals surface area contributed by atoms with Crippen LogP contribution >= 0.6 is 0 Å². The van der Waals surface area contributed by atoms with E-state index < -0.39 is 0 Å². The maximum absolute atomic E-state index is 8.23. The molecule has 0 aromatic heterocycles. The normalized spacial score (nSPS) is 14.5. The van der Waals surface area contributed by atoms with Crippen LogP contribution < -0.4 is 5.32 Å². The van der Waals surface area contributed by atoms with Crippen LogP contribution in [-0.2, 0) is 0 Å². The van der Waals surface area contributed by atoms with E-state index in [2.05, 4.69) is 12.4 Å². The minimum Gasteiger partial charge on any atom is -0.395 e. The average molecular weight is 88.1 g/mol. The van der Waals surface area contributed by atoms with Crippen LogP contribution in [0.2, 0.25) is 0 Å². The zero-order valence-corrected chi connectivity index (χ0v) is 3.94. The number of nitrogens with one attached hydrogen (secondary N) is 1. The van der Waals surface area contributed by atoms with Gasteiger partial charge < -0.3 is 10.4 Å². The first-order valence-electron chi connectivity index (χ1n) is 1.94. The molecule has 6 heavy (non-hydrogen) atoms. The predicted octanol–water partition coefficient (Wildman–Crippen LogP) is -0.252. The van der Waals surface area contributed by atoms with E-state index in [0.717, 1.165) is 0 Å². The summed E-state index contributed by atoms with van der Waals surface area (Å²) in [5, 5.41) is 10.8. The Morgan fingerprint density at radius 2 is 2.50 bits per heavy atom. The van der Waals surface area contributed by atoms with Crippen molar-refractivity contribution in [3.8, 4) is 0 Å². The fourth-order valence-corrected chi connectivity index (χ4v) is 0.0645. The van der Waals surface area contributed by atoms with E-state index >= 15 is 0 Å². The van der Waals surface area contributed by atoms with Gasteiger partial charge in [0.05, 0.1) is 6.61 Å². The summed E-state index contributed by atoms with van der Waals surface area (Å²) in [6.45, 7) is 2.01. The second kappa shape index (κ2) is 3.12. The molecule has 37 valence electrons. The van der Waals surface area contributed by atoms with Gasteiger partial charge in [-0.1, -0.05) is 0 Å². The summed E-state index contributed by atoms with van der Waals surface area (Å²) in [5.74, 6) is 0. The Balaban J connectivity index is 2.75. The number of aliphatic hydroxyl groups is 1. The fourth-order valence-electron chi connectivity index (χ4n) is 0.0645. The summed E-state index contributed by atoms with van der Waals surface area (Å²) in [4.78, 5) is 0. The largest absolute Gasteiger partial charge is 0.395 e. The van der Waals surface area contributed by atoms with Crippen molar-refractivity contribution in [2.75, 3.05) is 6.61 Å². The molecule has 0 aromatic rings. The Kier molecular flexibility index (Phi) is 3.08. The molecule has 0 aliphatic rings. The maximum atomic E-state index is 8.23. The van der Waals surface area contributed by atoms with Gasteiger partial charge in [-0.2, -0.15) is 0 Å². The molecule has 2 heteroatoms. The number of rotatable bonds is 2. The molecule has 0 bridgehead atoms. The molecule has 0 spiro atoms. The first-order valence-corrected chi connectivity index (χ1v) is 1.94. The lowest BCUT2D eigenvalue weighted by atomic mass is 10.4. The van der Waals surface area contributed by atoms with Crippen molar-refractivity contribution in [2.24, 2.45) is 0 Å². The average Bonchev–Trinajstić information content (AvgIpc) is 1.65. The highest BCUT2D eigenvalue weighted by molar-refractivity contribution is 4.53. The van der Waals surface area contributed by atoms with Gasteiger partial charge in [-0.05, 0) is 6.92 Å². The smallest absolute Gasteiger partial charge is 0.0581 e. The van der Waals surface area contributed by atoms with Crippen LogP contribution in [0.5, 0.6) is 0 Å². The molecule has 0 saturated heterocycles. The zero-order valence-electron chi connectivity index (χ0n) is 3.94. The van der Waals surface area contributed by atoms with Gasteiger partial charge in [0, 0.05) is 13.1 Å². The summed E-state index contributed by atoms with van der Waals surface area (Å²) in [7, 11) is 3.35. The lowest BCUT2D eigenvalue weighted by Crippen LogP contribution is -2.22. The highest BCUT2D eigenvalue weighted by atomic mass is 16.3. The van der Waals surface area contributed by atoms with Crippen LogP contribution in [0.15, 0.2) is 0 Å². The maximum Gasteiger partial charge on any atom is 0.0581 e. The number of aliphatic hydroxyl groups excluding tert-OH is 1. The lowest BCUT2D eigenvalue weighted by molar-refractivity contribution is 0.261. The van der Waals surface area contributed by atoms with Gasteiger partial charge in [-0.15, -0.1) is 0 Å². The molecule has 2 N–H and O–H groups in total. The highest BCUT2D eigenvalue weighted by Crippen LogP contribution is 1.71. The van der Waals surface area contributed by atoms with E-state index in [9.17, 15) is 0 Å². The Morgan fingerprint density at radius 1 is 2.00 bits per heavy atom. The summed E-state index contributed by atoms with van der Waals surface area (Å²) in [6, 6.07) is 0.130. The number of hydrogen-bond acceptors (Lipinski definition) is 2. The van der Waals surface area contributed by atoms with Crippen molar-refractivity contribution in [3.05, 3.63) is 7.05 Å². The molecular weight excluding hydrogens is 78.0 g/mol. The topological polar surface area (TPSA) is 32.3 Å².